The summed E-state index contributed by atoms with van der Waals surface area (Å²) < 4.78 is 2.33. The molecule has 0 fully saturated rings. The summed E-state index contributed by atoms with van der Waals surface area (Å²) in [5.41, 5.74) is 18.1. The van der Waals surface area contributed by atoms with Crippen molar-refractivity contribution in [3.05, 3.63) is 270 Å². The molecule has 64 heavy (non-hydrogen) atoms. The van der Waals surface area contributed by atoms with Gasteiger partial charge in [-0.05, 0) is 121 Å². The van der Waals surface area contributed by atoms with E-state index in [1.807, 2.05) is 0 Å². The highest BCUT2D eigenvalue weighted by molar-refractivity contribution is 6.10. The van der Waals surface area contributed by atoms with Crippen LogP contribution >= 0.6 is 0 Å². The maximum atomic E-state index is 2.37. The van der Waals surface area contributed by atoms with E-state index in [4.69, 9.17) is 0 Å². The highest BCUT2D eigenvalue weighted by atomic mass is 15.1. The summed E-state index contributed by atoms with van der Waals surface area (Å²) in [6, 6.07) is 86.6. The molecule has 0 amide bonds. The summed E-state index contributed by atoms with van der Waals surface area (Å²) in [4.78, 5) is 2.32. The molecule has 302 valence electrons. The van der Waals surface area contributed by atoms with Gasteiger partial charge in [0.15, 0.2) is 0 Å². The lowest BCUT2D eigenvalue weighted by atomic mass is 9.67. The zero-order valence-corrected chi connectivity index (χ0v) is 35.6. The van der Waals surface area contributed by atoms with E-state index in [2.05, 4.69) is 265 Å². The number of rotatable bonds is 8. The molecule has 0 bridgehead atoms. The molecular formula is C62H44N2. The van der Waals surface area contributed by atoms with E-state index in [0.29, 0.717) is 0 Å². The first-order chi connectivity index (χ1) is 31.6. The summed E-state index contributed by atoms with van der Waals surface area (Å²) in [5.74, 6) is 0. The zero-order chi connectivity index (χ0) is 42.6. The molecule has 11 aromatic rings. The van der Waals surface area contributed by atoms with E-state index in [-0.39, 0.29) is 0 Å². The molecule has 2 nitrogen and oxygen atoms in total. The van der Waals surface area contributed by atoms with Gasteiger partial charge in [0.2, 0.25) is 0 Å². The summed E-state index contributed by atoms with van der Waals surface area (Å²) in [6.45, 7) is 0. The van der Waals surface area contributed by atoms with Gasteiger partial charge >= 0.3 is 0 Å². The number of anilines is 3. The lowest BCUT2D eigenvalue weighted by Crippen LogP contribution is -2.28. The van der Waals surface area contributed by atoms with E-state index in [9.17, 15) is 0 Å². The molecule has 1 aliphatic rings. The van der Waals surface area contributed by atoms with Crippen molar-refractivity contribution >= 4 is 61.8 Å². The minimum Gasteiger partial charge on any atom is -0.344 e. The van der Waals surface area contributed by atoms with Crippen LogP contribution in [0.5, 0.6) is 0 Å². The van der Waals surface area contributed by atoms with Gasteiger partial charge in [0.25, 0.3) is 0 Å². The van der Waals surface area contributed by atoms with Crippen LogP contribution in [0.4, 0.5) is 17.1 Å². The van der Waals surface area contributed by atoms with Gasteiger partial charge in [0, 0.05) is 40.4 Å². The van der Waals surface area contributed by atoms with Crippen molar-refractivity contribution < 1.29 is 0 Å². The van der Waals surface area contributed by atoms with Crippen LogP contribution in [0.15, 0.2) is 237 Å². The van der Waals surface area contributed by atoms with Crippen molar-refractivity contribution in [1.29, 1.82) is 0 Å². The second kappa shape index (κ2) is 15.3. The van der Waals surface area contributed by atoms with Crippen LogP contribution in [-0.2, 0) is 12.5 Å². The number of para-hydroxylation sites is 2. The van der Waals surface area contributed by atoms with Gasteiger partial charge in [-0.2, -0.15) is 0 Å². The standard InChI is InChI=1S/C62H44N2/c1-63-59-40-44(32-37-54(59)55-38-36-52(42-60(55)63)64(50-21-10-4-11-22-50)51-23-12-5-13-24-51)30-29-43-31-33-46-41-47(35-34-45(46)39-43)53-26-16-28-58-61(53)56-25-14-15-27-57(56)62(58,48-17-6-2-7-18-48)49-19-8-3-9-20-49/h2-42H,1H3/b30-29+. The smallest absolute Gasteiger partial charge is 0.0713 e. The topological polar surface area (TPSA) is 8.17 Å². The number of fused-ring (bicyclic) bond motifs is 7. The zero-order valence-electron chi connectivity index (χ0n) is 35.6. The fourth-order valence-corrected chi connectivity index (χ4v) is 10.5. The van der Waals surface area contributed by atoms with E-state index >= 15 is 0 Å². The largest absolute Gasteiger partial charge is 0.344 e. The molecule has 12 rings (SSSR count). The van der Waals surface area contributed by atoms with Gasteiger partial charge in [0.05, 0.1) is 10.9 Å². The van der Waals surface area contributed by atoms with E-state index in [1.165, 1.54) is 88.2 Å². The van der Waals surface area contributed by atoms with Gasteiger partial charge in [-0.1, -0.05) is 194 Å². The molecule has 1 heterocycles. The molecule has 0 saturated heterocycles. The van der Waals surface area contributed by atoms with Crippen molar-refractivity contribution in [3.8, 4) is 22.3 Å². The summed E-state index contributed by atoms with van der Waals surface area (Å²) in [5, 5.41) is 4.96. The summed E-state index contributed by atoms with van der Waals surface area (Å²) in [7, 11) is 2.18. The van der Waals surface area contributed by atoms with Crippen LogP contribution in [-0.4, -0.2) is 4.57 Å². The highest BCUT2D eigenvalue weighted by Crippen LogP contribution is 2.58. The molecule has 0 atom stereocenters. The number of benzene rings is 10. The second-order valence-electron chi connectivity index (χ2n) is 17.0. The monoisotopic (exact) mass is 816 g/mol. The Labute approximate surface area is 374 Å². The van der Waals surface area contributed by atoms with Crippen LogP contribution in [0.2, 0.25) is 0 Å². The first-order valence-corrected chi connectivity index (χ1v) is 22.1. The third kappa shape index (κ3) is 6.02. The Kier molecular flexibility index (Phi) is 8.98. The van der Waals surface area contributed by atoms with Crippen LogP contribution < -0.4 is 4.90 Å². The van der Waals surface area contributed by atoms with Crippen LogP contribution in [0, 0.1) is 0 Å². The van der Waals surface area contributed by atoms with Gasteiger partial charge in [0.1, 0.15) is 0 Å². The molecule has 0 unspecified atom stereocenters. The Hall–Kier alpha value is -8.20. The number of aryl methyl sites for hydroxylation is 1. The van der Waals surface area contributed by atoms with E-state index in [1.54, 1.807) is 0 Å². The molecule has 2 heteroatoms. The first kappa shape index (κ1) is 37.6. The summed E-state index contributed by atoms with van der Waals surface area (Å²) >= 11 is 0. The summed E-state index contributed by atoms with van der Waals surface area (Å²) in [6.07, 6.45) is 4.47. The van der Waals surface area contributed by atoms with E-state index in [0.717, 1.165) is 17.1 Å². The number of hydrogen-bond donors (Lipinski definition) is 0. The van der Waals surface area contributed by atoms with Gasteiger partial charge in [-0.25, -0.2) is 0 Å². The molecule has 0 radical (unpaired) electrons. The van der Waals surface area contributed by atoms with Crippen LogP contribution in [0.3, 0.4) is 0 Å². The predicted octanol–water partition coefficient (Wildman–Crippen LogP) is 16.2. The SMILES string of the molecule is Cn1c2cc(/C=C/c3ccc4cc(-c5cccc6c5-c5ccccc5C6(c5ccccc5)c5ccccc5)ccc4c3)ccc2c2ccc(N(c3ccccc3)c3ccccc3)cc21. The maximum absolute atomic E-state index is 2.37. The molecule has 0 N–H and O–H groups in total. The first-order valence-electron chi connectivity index (χ1n) is 22.1. The Balaban J connectivity index is 0.876. The molecule has 10 aromatic carbocycles. The minimum absolute atomic E-state index is 0.419. The molecular weight excluding hydrogens is 773 g/mol. The lowest BCUT2D eigenvalue weighted by Gasteiger charge is -2.34. The average molecular weight is 817 g/mol. The second-order valence-corrected chi connectivity index (χ2v) is 17.0. The number of aromatic nitrogens is 1. The number of nitrogens with zero attached hydrogens (tertiary/aromatic N) is 2. The molecule has 1 aliphatic carbocycles. The third-order valence-electron chi connectivity index (χ3n) is 13.4. The van der Waals surface area contributed by atoms with Crippen LogP contribution in [0.25, 0.3) is 67.0 Å². The third-order valence-corrected chi connectivity index (χ3v) is 13.4. The Morgan fingerprint density at radius 2 is 0.906 bits per heavy atom. The fraction of sp³-hybridized carbons (Fsp3) is 0.0323. The van der Waals surface area contributed by atoms with Gasteiger partial charge in [-0.3, -0.25) is 0 Å². The van der Waals surface area contributed by atoms with Crippen LogP contribution in [0.1, 0.15) is 33.4 Å². The normalized spacial score (nSPS) is 12.8. The van der Waals surface area contributed by atoms with Crippen molar-refractivity contribution in [1.82, 2.24) is 4.57 Å². The Morgan fingerprint density at radius 3 is 1.59 bits per heavy atom. The van der Waals surface area contributed by atoms with Crippen molar-refractivity contribution in [2.45, 2.75) is 5.41 Å². The van der Waals surface area contributed by atoms with Crippen molar-refractivity contribution in [3.63, 3.8) is 0 Å². The lowest BCUT2D eigenvalue weighted by molar-refractivity contribution is 0.768. The average Bonchev–Trinajstić information content (AvgIpc) is 3.83. The molecule has 1 aromatic heterocycles. The molecule has 0 aliphatic heterocycles. The Bertz CT molecular complexity index is 3470. The van der Waals surface area contributed by atoms with Crippen molar-refractivity contribution in [2.24, 2.45) is 7.05 Å². The molecule has 0 spiro atoms. The quantitative estimate of drug-likeness (QED) is 0.139. The maximum Gasteiger partial charge on any atom is 0.0713 e. The van der Waals surface area contributed by atoms with Crippen molar-refractivity contribution in [2.75, 3.05) is 4.90 Å². The predicted molar refractivity (Wildman–Crippen MR) is 271 cm³/mol. The van der Waals surface area contributed by atoms with Gasteiger partial charge < -0.3 is 9.47 Å². The molecule has 0 saturated carbocycles. The number of hydrogen-bond acceptors (Lipinski definition) is 1. The minimum atomic E-state index is -0.419. The highest BCUT2D eigenvalue weighted by Gasteiger charge is 2.46. The fourth-order valence-electron chi connectivity index (χ4n) is 10.5. The van der Waals surface area contributed by atoms with Gasteiger partial charge in [-0.15, -0.1) is 0 Å². The van der Waals surface area contributed by atoms with E-state index < -0.39 is 5.41 Å². The Morgan fingerprint density at radius 1 is 0.391 bits per heavy atom.